The fraction of sp³-hybridized carbons (Fsp3) is 0.333. The highest BCUT2D eigenvalue weighted by Crippen LogP contribution is 2.27. The molecule has 2 heterocycles. The SMILES string of the molecule is Nc1nccc(CCCN2CCc3ccccc32)n1. The Morgan fingerprint density at radius 2 is 2.11 bits per heavy atom. The lowest BCUT2D eigenvalue weighted by atomic mass is 10.2. The Bertz CT molecular complexity index is 568. The summed E-state index contributed by atoms with van der Waals surface area (Å²) in [6, 6.07) is 10.6. The minimum Gasteiger partial charge on any atom is -0.371 e. The van der Waals surface area contributed by atoms with Crippen molar-refractivity contribution in [2.45, 2.75) is 19.3 Å². The van der Waals surface area contributed by atoms with Gasteiger partial charge in [-0.25, -0.2) is 9.97 Å². The summed E-state index contributed by atoms with van der Waals surface area (Å²) < 4.78 is 0. The Kier molecular flexibility index (Phi) is 3.31. The standard InChI is InChI=1S/C15H18N4/c16-15-17-9-7-13(18-15)5-3-10-19-11-8-12-4-1-2-6-14(12)19/h1-2,4,6-7,9H,3,5,8,10-11H2,(H2,16,17,18). The van der Waals surface area contributed by atoms with E-state index in [1.807, 2.05) is 6.07 Å². The first-order chi connectivity index (χ1) is 9.33. The highest BCUT2D eigenvalue weighted by atomic mass is 15.1. The average Bonchev–Trinajstić information content (AvgIpc) is 2.83. The van der Waals surface area contributed by atoms with E-state index in [0.29, 0.717) is 5.95 Å². The molecular formula is C15H18N4. The molecule has 0 amide bonds. The summed E-state index contributed by atoms with van der Waals surface area (Å²) in [4.78, 5) is 10.6. The summed E-state index contributed by atoms with van der Waals surface area (Å²) in [6.45, 7) is 2.20. The number of nitrogens with two attached hydrogens (primary N) is 1. The molecule has 0 saturated heterocycles. The van der Waals surface area contributed by atoms with Crippen LogP contribution in [0.15, 0.2) is 36.5 Å². The van der Waals surface area contributed by atoms with Gasteiger partial charge < -0.3 is 10.6 Å². The molecule has 0 spiro atoms. The van der Waals surface area contributed by atoms with E-state index in [1.165, 1.54) is 11.3 Å². The van der Waals surface area contributed by atoms with Crippen molar-refractivity contribution in [3.63, 3.8) is 0 Å². The normalized spacial score (nSPS) is 13.6. The van der Waals surface area contributed by atoms with Gasteiger partial charge in [0.25, 0.3) is 0 Å². The average molecular weight is 254 g/mol. The number of anilines is 2. The molecule has 0 unspecified atom stereocenters. The third kappa shape index (κ3) is 2.67. The molecule has 1 aliphatic rings. The van der Waals surface area contributed by atoms with E-state index < -0.39 is 0 Å². The largest absolute Gasteiger partial charge is 0.371 e. The number of rotatable bonds is 4. The molecular weight excluding hydrogens is 236 g/mol. The number of hydrogen-bond donors (Lipinski definition) is 1. The van der Waals surface area contributed by atoms with E-state index in [-0.39, 0.29) is 0 Å². The summed E-state index contributed by atoms with van der Waals surface area (Å²) in [7, 11) is 0. The molecule has 19 heavy (non-hydrogen) atoms. The van der Waals surface area contributed by atoms with Crippen LogP contribution in [0.5, 0.6) is 0 Å². The minimum atomic E-state index is 0.365. The van der Waals surface area contributed by atoms with Gasteiger partial charge >= 0.3 is 0 Å². The van der Waals surface area contributed by atoms with Gasteiger partial charge in [-0.1, -0.05) is 18.2 Å². The lowest BCUT2D eigenvalue weighted by molar-refractivity contribution is 0.740. The van der Waals surface area contributed by atoms with Crippen molar-refractivity contribution in [2.24, 2.45) is 0 Å². The second-order valence-electron chi connectivity index (χ2n) is 4.88. The Morgan fingerprint density at radius 3 is 3.00 bits per heavy atom. The van der Waals surface area contributed by atoms with Crippen molar-refractivity contribution in [3.8, 4) is 0 Å². The molecule has 1 aliphatic heterocycles. The van der Waals surface area contributed by atoms with Crippen LogP contribution in [0.3, 0.4) is 0 Å². The molecule has 0 fully saturated rings. The van der Waals surface area contributed by atoms with Gasteiger partial charge in [-0.05, 0) is 37.0 Å². The Balaban J connectivity index is 1.57. The molecule has 4 heteroatoms. The summed E-state index contributed by atoms with van der Waals surface area (Å²) in [5.74, 6) is 0.365. The third-order valence-electron chi connectivity index (χ3n) is 3.58. The van der Waals surface area contributed by atoms with E-state index >= 15 is 0 Å². The Labute approximate surface area is 113 Å². The number of para-hydroxylation sites is 1. The molecule has 0 atom stereocenters. The lowest BCUT2D eigenvalue weighted by Crippen LogP contribution is -2.22. The van der Waals surface area contributed by atoms with Crippen molar-refractivity contribution in [2.75, 3.05) is 23.7 Å². The van der Waals surface area contributed by atoms with Gasteiger partial charge in [0, 0.05) is 30.7 Å². The maximum atomic E-state index is 5.58. The Morgan fingerprint density at radius 1 is 1.21 bits per heavy atom. The number of benzene rings is 1. The van der Waals surface area contributed by atoms with Crippen LogP contribution in [0, 0.1) is 0 Å². The monoisotopic (exact) mass is 254 g/mol. The fourth-order valence-corrected chi connectivity index (χ4v) is 2.64. The first kappa shape index (κ1) is 12.0. The van der Waals surface area contributed by atoms with Gasteiger partial charge in [-0.15, -0.1) is 0 Å². The van der Waals surface area contributed by atoms with E-state index in [1.54, 1.807) is 6.20 Å². The molecule has 0 bridgehead atoms. The predicted molar refractivity (Wildman–Crippen MR) is 77.1 cm³/mol. The molecule has 4 nitrogen and oxygen atoms in total. The molecule has 2 N–H and O–H groups in total. The minimum absolute atomic E-state index is 0.365. The summed E-state index contributed by atoms with van der Waals surface area (Å²) in [5, 5.41) is 0. The number of hydrogen-bond acceptors (Lipinski definition) is 4. The van der Waals surface area contributed by atoms with Gasteiger partial charge in [0.15, 0.2) is 0 Å². The van der Waals surface area contributed by atoms with Gasteiger partial charge in [0.2, 0.25) is 5.95 Å². The summed E-state index contributed by atoms with van der Waals surface area (Å²) >= 11 is 0. The number of nitrogens with zero attached hydrogens (tertiary/aromatic N) is 3. The second-order valence-corrected chi connectivity index (χ2v) is 4.88. The number of aromatic nitrogens is 2. The van der Waals surface area contributed by atoms with Crippen LogP contribution in [0.4, 0.5) is 11.6 Å². The first-order valence-corrected chi connectivity index (χ1v) is 6.73. The van der Waals surface area contributed by atoms with E-state index in [0.717, 1.165) is 38.0 Å². The van der Waals surface area contributed by atoms with Crippen LogP contribution in [-0.2, 0) is 12.8 Å². The molecule has 0 radical (unpaired) electrons. The van der Waals surface area contributed by atoms with Crippen LogP contribution >= 0.6 is 0 Å². The third-order valence-corrected chi connectivity index (χ3v) is 3.58. The van der Waals surface area contributed by atoms with Crippen molar-refractivity contribution >= 4 is 11.6 Å². The maximum Gasteiger partial charge on any atom is 0.220 e. The van der Waals surface area contributed by atoms with Crippen molar-refractivity contribution < 1.29 is 0 Å². The molecule has 3 rings (SSSR count). The number of fused-ring (bicyclic) bond motifs is 1. The van der Waals surface area contributed by atoms with Gasteiger partial charge in [0.05, 0.1) is 0 Å². The smallest absolute Gasteiger partial charge is 0.220 e. The maximum absolute atomic E-state index is 5.58. The van der Waals surface area contributed by atoms with Crippen molar-refractivity contribution in [1.29, 1.82) is 0 Å². The zero-order valence-corrected chi connectivity index (χ0v) is 10.9. The van der Waals surface area contributed by atoms with Crippen LogP contribution in [-0.4, -0.2) is 23.1 Å². The molecule has 0 saturated carbocycles. The fourth-order valence-electron chi connectivity index (χ4n) is 2.64. The highest BCUT2D eigenvalue weighted by Gasteiger charge is 2.17. The van der Waals surface area contributed by atoms with Crippen LogP contribution in [0.2, 0.25) is 0 Å². The summed E-state index contributed by atoms with van der Waals surface area (Å²) in [5.41, 5.74) is 9.47. The Hall–Kier alpha value is -2.10. The van der Waals surface area contributed by atoms with Crippen LogP contribution < -0.4 is 10.6 Å². The number of aryl methyl sites for hydroxylation is 1. The number of nitrogen functional groups attached to an aromatic ring is 1. The first-order valence-electron chi connectivity index (χ1n) is 6.73. The molecule has 1 aromatic heterocycles. The predicted octanol–water partition coefficient (Wildman–Crippen LogP) is 2.05. The lowest BCUT2D eigenvalue weighted by Gasteiger charge is -2.19. The molecule has 2 aromatic rings. The van der Waals surface area contributed by atoms with Crippen LogP contribution in [0.25, 0.3) is 0 Å². The van der Waals surface area contributed by atoms with Crippen LogP contribution in [0.1, 0.15) is 17.7 Å². The zero-order chi connectivity index (χ0) is 13.1. The highest BCUT2D eigenvalue weighted by molar-refractivity contribution is 5.57. The van der Waals surface area contributed by atoms with Gasteiger partial charge in [-0.3, -0.25) is 0 Å². The van der Waals surface area contributed by atoms with Crippen molar-refractivity contribution in [1.82, 2.24) is 9.97 Å². The van der Waals surface area contributed by atoms with E-state index in [2.05, 4.69) is 39.1 Å². The summed E-state index contributed by atoms with van der Waals surface area (Å²) in [6.07, 6.45) is 4.93. The van der Waals surface area contributed by atoms with Gasteiger partial charge in [-0.2, -0.15) is 0 Å². The van der Waals surface area contributed by atoms with E-state index in [9.17, 15) is 0 Å². The zero-order valence-electron chi connectivity index (χ0n) is 10.9. The second kappa shape index (κ2) is 5.26. The topological polar surface area (TPSA) is 55.0 Å². The quantitative estimate of drug-likeness (QED) is 0.907. The van der Waals surface area contributed by atoms with Gasteiger partial charge in [0.1, 0.15) is 0 Å². The molecule has 0 aliphatic carbocycles. The van der Waals surface area contributed by atoms with E-state index in [4.69, 9.17) is 5.73 Å². The molecule has 98 valence electrons. The molecule has 1 aromatic carbocycles. The van der Waals surface area contributed by atoms with Crippen molar-refractivity contribution in [3.05, 3.63) is 47.8 Å².